The third kappa shape index (κ3) is 4.64. The van der Waals surface area contributed by atoms with E-state index >= 15 is 0 Å². The number of nitrogens with one attached hydrogen (secondary N) is 2. The number of ether oxygens (including phenoxy) is 2. The first kappa shape index (κ1) is 21.9. The summed E-state index contributed by atoms with van der Waals surface area (Å²) in [6.07, 6.45) is -0.152. The average Bonchev–Trinajstić information content (AvgIpc) is 2.97. The summed E-state index contributed by atoms with van der Waals surface area (Å²) in [6, 6.07) is 11.2. The minimum Gasteiger partial charge on any atom is -0.454 e. The molecular formula is C24H24FN3O4. The first-order valence-electron chi connectivity index (χ1n) is 10.6. The van der Waals surface area contributed by atoms with E-state index in [0.29, 0.717) is 29.8 Å². The Balaban J connectivity index is 1.46. The molecule has 166 valence electrons. The van der Waals surface area contributed by atoms with Crippen molar-refractivity contribution in [1.29, 1.82) is 5.26 Å². The number of rotatable bonds is 5. The molecule has 0 aromatic heterocycles. The van der Waals surface area contributed by atoms with E-state index < -0.39 is 18.0 Å². The van der Waals surface area contributed by atoms with Crippen molar-refractivity contribution in [2.45, 2.75) is 38.0 Å². The van der Waals surface area contributed by atoms with Crippen LogP contribution in [0.5, 0.6) is 0 Å². The molecule has 2 aromatic rings. The van der Waals surface area contributed by atoms with Gasteiger partial charge in [0.05, 0.1) is 11.6 Å². The topological polar surface area (TPSA) is 100 Å². The number of carbonyl (C=O) groups excluding carboxylic acids is 2. The van der Waals surface area contributed by atoms with Gasteiger partial charge >= 0.3 is 5.97 Å². The van der Waals surface area contributed by atoms with Gasteiger partial charge in [-0.15, -0.1) is 0 Å². The molecule has 0 spiro atoms. The standard InChI is InChI=1S/C24H24FN3O4/c1-14-20-10-15(5-6-19(20)24(30)32-14)16-3-4-17(21(25)11-16)9-18(12-26)28-23(29)22-13-27-7-2-8-31-22/h3-6,10-11,14,18,22,27H,2,7-9,13H2,1H3,(H,28,29)/t14-,18-,22-/m0/s1. The molecule has 0 saturated carbocycles. The fraction of sp³-hybridized carbons (Fsp3) is 0.375. The van der Waals surface area contributed by atoms with Crippen molar-refractivity contribution in [3.63, 3.8) is 0 Å². The Bertz CT molecular complexity index is 1070. The molecule has 0 radical (unpaired) electrons. The maximum absolute atomic E-state index is 14.9. The van der Waals surface area contributed by atoms with E-state index in [4.69, 9.17) is 9.47 Å². The molecule has 7 nitrogen and oxygen atoms in total. The van der Waals surface area contributed by atoms with Gasteiger partial charge in [0.25, 0.3) is 5.91 Å². The number of esters is 1. The number of carbonyl (C=O) groups is 2. The van der Waals surface area contributed by atoms with Crippen molar-refractivity contribution in [3.05, 3.63) is 58.9 Å². The summed E-state index contributed by atoms with van der Waals surface area (Å²) < 4.78 is 25.6. The Morgan fingerprint density at radius 1 is 1.31 bits per heavy atom. The van der Waals surface area contributed by atoms with Gasteiger partial charge in [0.1, 0.15) is 24.1 Å². The van der Waals surface area contributed by atoms with Crippen LogP contribution in [0.15, 0.2) is 36.4 Å². The lowest BCUT2D eigenvalue weighted by Crippen LogP contribution is -2.46. The molecule has 1 amide bonds. The lowest BCUT2D eigenvalue weighted by molar-refractivity contribution is -0.132. The van der Waals surface area contributed by atoms with Gasteiger partial charge in [0.15, 0.2) is 0 Å². The van der Waals surface area contributed by atoms with Crippen LogP contribution in [-0.2, 0) is 20.7 Å². The molecule has 2 N–H and O–H groups in total. The normalized spacial score (nSPS) is 21.1. The zero-order valence-electron chi connectivity index (χ0n) is 17.7. The Morgan fingerprint density at radius 3 is 2.88 bits per heavy atom. The number of amides is 1. The molecule has 3 atom stereocenters. The van der Waals surface area contributed by atoms with Gasteiger partial charge < -0.3 is 20.1 Å². The highest BCUT2D eigenvalue weighted by atomic mass is 19.1. The second kappa shape index (κ2) is 9.47. The van der Waals surface area contributed by atoms with Gasteiger partial charge in [-0.2, -0.15) is 5.26 Å². The predicted octanol–water partition coefficient (Wildman–Crippen LogP) is 2.65. The highest BCUT2D eigenvalue weighted by Gasteiger charge is 2.28. The van der Waals surface area contributed by atoms with Crippen LogP contribution in [-0.4, -0.2) is 43.7 Å². The number of nitrogens with zero attached hydrogens (tertiary/aromatic N) is 1. The predicted molar refractivity (Wildman–Crippen MR) is 114 cm³/mol. The second-order valence-electron chi connectivity index (χ2n) is 7.97. The van der Waals surface area contributed by atoms with Gasteiger partial charge in [-0.3, -0.25) is 4.79 Å². The van der Waals surface area contributed by atoms with Crippen molar-refractivity contribution in [1.82, 2.24) is 10.6 Å². The Kier molecular flexibility index (Phi) is 6.49. The lowest BCUT2D eigenvalue weighted by atomic mass is 9.96. The summed E-state index contributed by atoms with van der Waals surface area (Å²) in [4.78, 5) is 24.2. The van der Waals surface area contributed by atoms with Gasteiger partial charge in [-0.1, -0.05) is 18.2 Å². The minimum absolute atomic E-state index is 0.0397. The first-order chi connectivity index (χ1) is 15.5. The van der Waals surface area contributed by atoms with Crippen molar-refractivity contribution < 1.29 is 23.5 Å². The summed E-state index contributed by atoms with van der Waals surface area (Å²) >= 11 is 0. The maximum Gasteiger partial charge on any atom is 0.339 e. The Labute approximate surface area is 185 Å². The summed E-state index contributed by atoms with van der Waals surface area (Å²) in [7, 11) is 0. The smallest absolute Gasteiger partial charge is 0.339 e. The Hall–Kier alpha value is -3.28. The highest BCUT2D eigenvalue weighted by Crippen LogP contribution is 2.34. The molecule has 8 heteroatoms. The third-order valence-corrected chi connectivity index (χ3v) is 5.72. The minimum atomic E-state index is -0.876. The van der Waals surface area contributed by atoms with Crippen LogP contribution >= 0.6 is 0 Å². The van der Waals surface area contributed by atoms with Crippen LogP contribution in [0, 0.1) is 17.1 Å². The molecule has 1 saturated heterocycles. The number of fused-ring (bicyclic) bond motifs is 1. The number of hydrogen-bond acceptors (Lipinski definition) is 6. The highest BCUT2D eigenvalue weighted by molar-refractivity contribution is 5.94. The fourth-order valence-electron chi connectivity index (χ4n) is 3.94. The maximum atomic E-state index is 14.9. The molecule has 4 rings (SSSR count). The van der Waals surface area contributed by atoms with E-state index in [9.17, 15) is 19.2 Å². The molecular weight excluding hydrogens is 413 g/mol. The van der Waals surface area contributed by atoms with Gasteiger partial charge in [-0.25, -0.2) is 9.18 Å². The van der Waals surface area contributed by atoms with Gasteiger partial charge in [-0.05, 0) is 54.8 Å². The second-order valence-corrected chi connectivity index (χ2v) is 7.97. The van der Waals surface area contributed by atoms with Crippen LogP contribution in [0.4, 0.5) is 4.39 Å². The van der Waals surface area contributed by atoms with E-state index in [-0.39, 0.29) is 24.4 Å². The SMILES string of the molecule is C[C@@H]1OC(=O)c2ccc(-c3ccc(C[C@@H](C#N)NC(=O)[C@@H]4CNCCCO4)c(F)c3)cc21. The van der Waals surface area contributed by atoms with Crippen molar-refractivity contribution >= 4 is 11.9 Å². The number of benzene rings is 2. The van der Waals surface area contributed by atoms with Crippen LogP contribution in [0.2, 0.25) is 0 Å². The number of nitriles is 1. The average molecular weight is 437 g/mol. The van der Waals surface area contributed by atoms with E-state index in [2.05, 4.69) is 10.6 Å². The molecule has 32 heavy (non-hydrogen) atoms. The quantitative estimate of drug-likeness (QED) is 0.698. The molecule has 2 heterocycles. The van der Waals surface area contributed by atoms with E-state index in [0.717, 1.165) is 24.1 Å². The molecule has 0 unspecified atom stereocenters. The number of cyclic esters (lactones) is 1. The number of hydrogen-bond donors (Lipinski definition) is 2. The molecule has 0 aliphatic carbocycles. The molecule has 2 aliphatic heterocycles. The van der Waals surface area contributed by atoms with E-state index in [1.54, 1.807) is 31.2 Å². The zero-order chi connectivity index (χ0) is 22.7. The van der Waals surface area contributed by atoms with E-state index in [1.807, 2.05) is 12.1 Å². The van der Waals surface area contributed by atoms with Crippen molar-refractivity contribution in [2.75, 3.05) is 19.7 Å². The monoisotopic (exact) mass is 437 g/mol. The van der Waals surface area contributed by atoms with Crippen LogP contribution < -0.4 is 10.6 Å². The summed E-state index contributed by atoms with van der Waals surface area (Å²) in [6.45, 7) is 3.42. The van der Waals surface area contributed by atoms with Gasteiger partial charge in [0.2, 0.25) is 0 Å². The van der Waals surface area contributed by atoms with Gasteiger partial charge in [0, 0.05) is 25.1 Å². The van der Waals surface area contributed by atoms with Crippen LogP contribution in [0.3, 0.4) is 0 Å². The first-order valence-corrected chi connectivity index (χ1v) is 10.6. The molecule has 1 fully saturated rings. The summed E-state index contributed by atoms with van der Waals surface area (Å²) in [5, 5.41) is 15.2. The van der Waals surface area contributed by atoms with Crippen LogP contribution in [0.25, 0.3) is 11.1 Å². The fourth-order valence-corrected chi connectivity index (χ4v) is 3.94. The summed E-state index contributed by atoms with van der Waals surface area (Å²) in [5.74, 6) is -1.20. The zero-order valence-corrected chi connectivity index (χ0v) is 17.7. The van der Waals surface area contributed by atoms with Crippen LogP contribution in [0.1, 0.15) is 40.9 Å². The summed E-state index contributed by atoms with van der Waals surface area (Å²) in [5.41, 5.74) is 3.05. The molecule has 0 bridgehead atoms. The molecule has 2 aromatic carbocycles. The van der Waals surface area contributed by atoms with E-state index in [1.165, 1.54) is 6.07 Å². The van der Waals surface area contributed by atoms with Crippen molar-refractivity contribution in [3.8, 4) is 17.2 Å². The largest absolute Gasteiger partial charge is 0.454 e. The van der Waals surface area contributed by atoms with Crippen molar-refractivity contribution in [2.24, 2.45) is 0 Å². The molecule has 2 aliphatic rings. The Morgan fingerprint density at radius 2 is 2.09 bits per heavy atom. The lowest BCUT2D eigenvalue weighted by Gasteiger charge is -2.18. The number of halogens is 1. The third-order valence-electron chi connectivity index (χ3n) is 5.72.